The lowest BCUT2D eigenvalue weighted by Gasteiger charge is -2.25. The summed E-state index contributed by atoms with van der Waals surface area (Å²) in [6.07, 6.45) is 2.24. The number of amides is 1. The molecule has 0 spiro atoms. The minimum atomic E-state index is -0.129. The third-order valence-electron chi connectivity index (χ3n) is 5.80. The van der Waals surface area contributed by atoms with Crippen LogP contribution in [0.15, 0.2) is 78.9 Å². The maximum Gasteiger partial charge on any atom is 0.243 e. The van der Waals surface area contributed by atoms with Crippen LogP contribution in [0.3, 0.4) is 0 Å². The van der Waals surface area contributed by atoms with E-state index in [4.69, 9.17) is 15.9 Å². The van der Waals surface area contributed by atoms with Crippen LogP contribution in [0.4, 0.5) is 11.4 Å². The minimum Gasteiger partial charge on any atom is -0.490 e. The van der Waals surface area contributed by atoms with E-state index in [1.807, 2.05) is 77.7 Å². The molecule has 4 rings (SSSR count). The number of hydrogen-bond acceptors (Lipinski definition) is 5. The van der Waals surface area contributed by atoms with Crippen LogP contribution < -0.4 is 26.0 Å². The predicted octanol–water partition coefficient (Wildman–Crippen LogP) is 3.75. The molecule has 0 aromatic heterocycles. The lowest BCUT2D eigenvalue weighted by Crippen LogP contribution is -2.34. The molecule has 1 amide bonds. The molecular formula is C27H31N5O2. The Labute approximate surface area is 200 Å². The molecule has 0 atom stereocenters. The molecular weight excluding hydrogens is 426 g/mol. The summed E-state index contributed by atoms with van der Waals surface area (Å²) in [5.41, 5.74) is 8.95. The van der Waals surface area contributed by atoms with Gasteiger partial charge < -0.3 is 26.0 Å². The van der Waals surface area contributed by atoms with E-state index in [2.05, 4.69) is 10.6 Å². The molecule has 0 aliphatic carbocycles. The van der Waals surface area contributed by atoms with Crippen molar-refractivity contribution >= 4 is 23.1 Å². The second-order valence-electron chi connectivity index (χ2n) is 8.45. The number of benzene rings is 3. The Morgan fingerprint density at radius 2 is 1.76 bits per heavy atom. The zero-order valence-electron chi connectivity index (χ0n) is 19.2. The fraction of sp³-hybridized carbons (Fsp3) is 0.259. The normalized spacial score (nSPS) is 13.8. The van der Waals surface area contributed by atoms with Crippen LogP contribution >= 0.6 is 0 Å². The van der Waals surface area contributed by atoms with Crippen molar-refractivity contribution < 1.29 is 9.53 Å². The zero-order chi connectivity index (χ0) is 23.8. The van der Waals surface area contributed by atoms with Crippen molar-refractivity contribution in [1.29, 1.82) is 5.41 Å². The number of nitrogens with one attached hydrogen (secondary N) is 3. The van der Waals surface area contributed by atoms with Crippen molar-refractivity contribution in [1.82, 2.24) is 5.32 Å². The fourth-order valence-electron chi connectivity index (χ4n) is 4.01. The van der Waals surface area contributed by atoms with E-state index >= 15 is 0 Å². The number of carbonyl (C=O) groups is 1. The van der Waals surface area contributed by atoms with E-state index in [-0.39, 0.29) is 24.4 Å². The van der Waals surface area contributed by atoms with Gasteiger partial charge >= 0.3 is 0 Å². The number of nitrogens with two attached hydrogens (primary N) is 1. The summed E-state index contributed by atoms with van der Waals surface area (Å²) < 4.78 is 6.05. The molecule has 1 aliphatic heterocycles. The summed E-state index contributed by atoms with van der Waals surface area (Å²) in [6, 6.07) is 24.9. The van der Waals surface area contributed by atoms with Crippen LogP contribution in [0, 0.1) is 5.41 Å². The third-order valence-corrected chi connectivity index (χ3v) is 5.80. The zero-order valence-corrected chi connectivity index (χ0v) is 19.2. The molecule has 5 N–H and O–H groups in total. The number of nitrogen functional groups attached to an aromatic ring is 1. The second kappa shape index (κ2) is 11.3. The van der Waals surface area contributed by atoms with Gasteiger partial charge in [0.2, 0.25) is 5.91 Å². The summed E-state index contributed by atoms with van der Waals surface area (Å²) in [6.45, 7) is 2.67. The highest BCUT2D eigenvalue weighted by atomic mass is 16.5. The van der Waals surface area contributed by atoms with E-state index < -0.39 is 0 Å². The van der Waals surface area contributed by atoms with Crippen molar-refractivity contribution in [2.45, 2.75) is 25.5 Å². The number of amidine groups is 1. The highest BCUT2D eigenvalue weighted by molar-refractivity contribution is 5.97. The van der Waals surface area contributed by atoms with Gasteiger partial charge in [0.15, 0.2) is 0 Å². The SMILES string of the molecule is N=C(N)c1cccc(N(CC(=O)Nc2ccc(OC3CCNCC3)cc2)Cc2ccccc2)c1. The number of ether oxygens (including phenoxy) is 1. The molecule has 1 fully saturated rings. The van der Waals surface area contributed by atoms with Gasteiger partial charge in [0.05, 0.1) is 6.54 Å². The lowest BCUT2D eigenvalue weighted by molar-refractivity contribution is -0.115. The monoisotopic (exact) mass is 457 g/mol. The number of rotatable bonds is 9. The Hall–Kier alpha value is -3.84. The molecule has 1 aliphatic rings. The summed E-state index contributed by atoms with van der Waals surface area (Å²) in [5.74, 6) is 0.686. The lowest BCUT2D eigenvalue weighted by atomic mass is 10.1. The number of piperidine rings is 1. The Balaban J connectivity index is 1.42. The van der Waals surface area contributed by atoms with Gasteiger partial charge in [-0.15, -0.1) is 0 Å². The number of hydrogen-bond donors (Lipinski definition) is 4. The standard InChI is InChI=1S/C27H31N5O2/c28-27(29)21-7-4-8-23(17-21)32(18-20-5-2-1-3-6-20)19-26(33)31-22-9-11-24(12-10-22)34-25-13-15-30-16-14-25/h1-12,17,25,30H,13-16,18-19H2,(H3,28,29)(H,31,33). The molecule has 176 valence electrons. The molecule has 0 radical (unpaired) electrons. The van der Waals surface area contributed by atoms with Crippen LogP contribution in [0.25, 0.3) is 0 Å². The van der Waals surface area contributed by atoms with Crippen LogP contribution in [-0.4, -0.2) is 37.5 Å². The largest absolute Gasteiger partial charge is 0.490 e. The maximum atomic E-state index is 12.9. The summed E-state index contributed by atoms with van der Waals surface area (Å²) in [5, 5.41) is 14.1. The highest BCUT2D eigenvalue weighted by Crippen LogP contribution is 2.21. The highest BCUT2D eigenvalue weighted by Gasteiger charge is 2.16. The molecule has 0 saturated carbocycles. The van der Waals surface area contributed by atoms with Crippen LogP contribution in [0.1, 0.15) is 24.0 Å². The third kappa shape index (κ3) is 6.59. The van der Waals surface area contributed by atoms with Crippen molar-refractivity contribution in [3.8, 4) is 5.75 Å². The van der Waals surface area contributed by atoms with E-state index in [1.54, 1.807) is 6.07 Å². The van der Waals surface area contributed by atoms with Gasteiger partial charge in [-0.2, -0.15) is 0 Å². The summed E-state index contributed by atoms with van der Waals surface area (Å²) in [7, 11) is 0. The topological polar surface area (TPSA) is 103 Å². The number of nitrogens with zero attached hydrogens (tertiary/aromatic N) is 1. The first-order valence-electron chi connectivity index (χ1n) is 11.6. The number of anilines is 2. The molecule has 0 bridgehead atoms. The van der Waals surface area contributed by atoms with Crippen LogP contribution in [-0.2, 0) is 11.3 Å². The average Bonchev–Trinajstić information content (AvgIpc) is 2.86. The number of carbonyl (C=O) groups excluding carboxylic acids is 1. The van der Waals surface area contributed by atoms with Gasteiger partial charge in [0.25, 0.3) is 0 Å². The van der Waals surface area contributed by atoms with Crippen LogP contribution in [0.2, 0.25) is 0 Å². The van der Waals surface area contributed by atoms with E-state index in [9.17, 15) is 4.79 Å². The van der Waals surface area contributed by atoms with Crippen molar-refractivity contribution in [3.63, 3.8) is 0 Å². The molecule has 7 nitrogen and oxygen atoms in total. The first-order chi connectivity index (χ1) is 16.6. The van der Waals surface area contributed by atoms with Gasteiger partial charge in [-0.05, 0) is 67.9 Å². The Morgan fingerprint density at radius 3 is 2.47 bits per heavy atom. The van der Waals surface area contributed by atoms with Gasteiger partial charge in [0.1, 0.15) is 17.7 Å². The quantitative estimate of drug-likeness (QED) is 0.289. The molecule has 1 saturated heterocycles. The molecule has 7 heteroatoms. The Morgan fingerprint density at radius 1 is 1.03 bits per heavy atom. The second-order valence-corrected chi connectivity index (χ2v) is 8.45. The van der Waals surface area contributed by atoms with E-state index in [0.717, 1.165) is 48.6 Å². The van der Waals surface area contributed by atoms with E-state index in [1.165, 1.54) is 0 Å². The molecule has 0 unspecified atom stereocenters. The summed E-state index contributed by atoms with van der Waals surface area (Å²) in [4.78, 5) is 14.9. The maximum absolute atomic E-state index is 12.9. The van der Waals surface area contributed by atoms with Crippen molar-refractivity contribution in [2.75, 3.05) is 29.9 Å². The van der Waals surface area contributed by atoms with Gasteiger partial charge in [-0.1, -0.05) is 42.5 Å². The predicted molar refractivity (Wildman–Crippen MR) is 137 cm³/mol. The minimum absolute atomic E-state index is 0.00207. The Kier molecular flexibility index (Phi) is 7.78. The molecule has 34 heavy (non-hydrogen) atoms. The van der Waals surface area contributed by atoms with E-state index in [0.29, 0.717) is 12.1 Å². The first kappa shape index (κ1) is 23.3. The Bertz CT molecular complexity index is 1100. The molecule has 1 heterocycles. The average molecular weight is 458 g/mol. The van der Waals surface area contributed by atoms with Crippen molar-refractivity contribution in [2.24, 2.45) is 5.73 Å². The molecule has 3 aromatic rings. The first-order valence-corrected chi connectivity index (χ1v) is 11.6. The van der Waals surface area contributed by atoms with Gasteiger partial charge in [0, 0.05) is 23.5 Å². The smallest absolute Gasteiger partial charge is 0.243 e. The van der Waals surface area contributed by atoms with Crippen LogP contribution in [0.5, 0.6) is 5.75 Å². The fourth-order valence-corrected chi connectivity index (χ4v) is 4.01. The molecule has 3 aromatic carbocycles. The van der Waals surface area contributed by atoms with Gasteiger partial charge in [-0.25, -0.2) is 0 Å². The summed E-state index contributed by atoms with van der Waals surface area (Å²) >= 11 is 0. The van der Waals surface area contributed by atoms with Crippen molar-refractivity contribution in [3.05, 3.63) is 90.0 Å². The van der Waals surface area contributed by atoms with Gasteiger partial charge in [-0.3, -0.25) is 10.2 Å².